The molecule has 0 aliphatic carbocycles. The van der Waals surface area contributed by atoms with Gasteiger partial charge in [-0.05, 0) is 109 Å². The van der Waals surface area contributed by atoms with Crippen molar-refractivity contribution in [1.82, 2.24) is 37.4 Å². The van der Waals surface area contributed by atoms with E-state index in [-0.39, 0.29) is 41.0 Å². The maximum atomic E-state index is 2.85. The zero-order chi connectivity index (χ0) is 35.8. The van der Waals surface area contributed by atoms with Crippen molar-refractivity contribution in [3.8, 4) is 0 Å². The van der Waals surface area contributed by atoms with Gasteiger partial charge in [0.25, 0.3) is 0 Å². The SMILES string of the molecule is CCCN(CCC)[P+](N(CC)CC)(N(CC)CC)N(CC)CC.CCCN(CCC)[P+](N(CC)CC)(N(CC)CC)N(CC)CC.[Br-].[I-]. The maximum absolute atomic E-state index is 2.85. The summed E-state index contributed by atoms with van der Waals surface area (Å²) in [6, 6.07) is 0. The van der Waals surface area contributed by atoms with Crippen molar-refractivity contribution >= 4 is 15.7 Å². The van der Waals surface area contributed by atoms with Crippen LogP contribution >= 0.6 is 15.7 Å². The van der Waals surface area contributed by atoms with Crippen LogP contribution in [-0.4, -0.2) is 142 Å². The van der Waals surface area contributed by atoms with Gasteiger partial charge in [0.1, 0.15) is 0 Å². The minimum atomic E-state index is -1.64. The summed E-state index contributed by atoms with van der Waals surface area (Å²) in [5, 5.41) is 0. The quantitative estimate of drug-likeness (QED) is 0.0870. The van der Waals surface area contributed by atoms with Crippen molar-refractivity contribution in [2.24, 2.45) is 0 Å². The first-order valence-electron chi connectivity index (χ1n) is 20.0. The van der Waals surface area contributed by atoms with E-state index >= 15 is 0 Å². The fourth-order valence-corrected chi connectivity index (χ4v) is 18.3. The number of rotatable bonds is 28. The van der Waals surface area contributed by atoms with E-state index in [0.717, 1.165) is 78.5 Å². The zero-order valence-corrected chi connectivity index (χ0v) is 40.9. The fraction of sp³-hybridized carbons (Fsp3) is 1.00. The Morgan fingerprint density at radius 2 is 0.375 bits per heavy atom. The second kappa shape index (κ2) is 33.3. The van der Waals surface area contributed by atoms with Gasteiger partial charge in [-0.1, -0.05) is 27.7 Å². The molecule has 0 aromatic rings. The molecule has 0 aromatic carbocycles. The first-order chi connectivity index (χ1) is 22.2. The Kier molecular flexibility index (Phi) is 39.2. The van der Waals surface area contributed by atoms with Gasteiger partial charge in [0.2, 0.25) is 0 Å². The lowest BCUT2D eigenvalue weighted by molar-refractivity contribution is -0.001000. The molecule has 0 heterocycles. The molecule has 0 spiro atoms. The van der Waals surface area contributed by atoms with Crippen LogP contribution in [0.5, 0.6) is 0 Å². The molecule has 0 rings (SSSR count). The van der Waals surface area contributed by atoms with Gasteiger partial charge in [0.15, 0.2) is 0 Å². The number of nitrogens with zero attached hydrogens (tertiary/aromatic N) is 8. The molecule has 48 heavy (non-hydrogen) atoms. The Morgan fingerprint density at radius 3 is 0.458 bits per heavy atom. The van der Waals surface area contributed by atoms with Crippen LogP contribution in [0.4, 0.5) is 0 Å². The molecule has 8 nitrogen and oxygen atoms in total. The molecular weight excluding hydrogens is 813 g/mol. The van der Waals surface area contributed by atoms with Crippen LogP contribution in [-0.2, 0) is 0 Å². The molecule has 0 saturated heterocycles. The van der Waals surface area contributed by atoms with E-state index in [9.17, 15) is 0 Å². The summed E-state index contributed by atoms with van der Waals surface area (Å²) < 4.78 is 22.4. The first kappa shape index (κ1) is 56.5. The number of halogens is 2. The Morgan fingerprint density at radius 1 is 0.250 bits per heavy atom. The van der Waals surface area contributed by atoms with Crippen molar-refractivity contribution in [3.63, 3.8) is 0 Å². The topological polar surface area (TPSA) is 25.9 Å². The van der Waals surface area contributed by atoms with Crippen LogP contribution < -0.4 is 41.0 Å². The third kappa shape index (κ3) is 14.2. The van der Waals surface area contributed by atoms with Crippen LogP contribution in [0.1, 0.15) is 136 Å². The Labute approximate surface area is 333 Å². The molecule has 0 aliphatic heterocycles. The summed E-state index contributed by atoms with van der Waals surface area (Å²) in [7, 11) is -3.27. The molecule has 0 aromatic heterocycles. The predicted octanol–water partition coefficient (Wildman–Crippen LogP) is 3.63. The zero-order valence-electron chi connectivity index (χ0n) is 35.4. The van der Waals surface area contributed by atoms with Crippen LogP contribution in [0.15, 0.2) is 0 Å². The molecule has 0 aliphatic rings. The highest BCUT2D eigenvalue weighted by Crippen LogP contribution is 2.70. The van der Waals surface area contributed by atoms with Crippen molar-refractivity contribution in [1.29, 1.82) is 0 Å². The monoisotopic (exact) mass is 900 g/mol. The van der Waals surface area contributed by atoms with Gasteiger partial charge in [-0.3, -0.25) is 0 Å². The van der Waals surface area contributed by atoms with Crippen LogP contribution in [0.3, 0.4) is 0 Å². The van der Waals surface area contributed by atoms with E-state index in [1.165, 1.54) is 51.9 Å². The molecule has 0 fully saturated rings. The Balaban J connectivity index is -0.000000387. The van der Waals surface area contributed by atoms with E-state index in [2.05, 4.69) is 148 Å². The molecule has 12 heteroatoms. The van der Waals surface area contributed by atoms with E-state index in [4.69, 9.17) is 0 Å². The smallest absolute Gasteiger partial charge is 0.308 e. The van der Waals surface area contributed by atoms with Gasteiger partial charge in [-0.2, -0.15) is 0 Å². The van der Waals surface area contributed by atoms with E-state index < -0.39 is 15.7 Å². The van der Waals surface area contributed by atoms with Crippen molar-refractivity contribution in [2.75, 3.05) is 105 Å². The van der Waals surface area contributed by atoms with Crippen molar-refractivity contribution in [3.05, 3.63) is 0 Å². The predicted molar refractivity (Wildman–Crippen MR) is 216 cm³/mol. The van der Waals surface area contributed by atoms with Crippen molar-refractivity contribution < 1.29 is 41.0 Å². The molecule has 0 amide bonds. The normalized spacial score (nSPS) is 12.5. The molecule has 0 unspecified atom stereocenters. The highest BCUT2D eigenvalue weighted by Gasteiger charge is 2.59. The summed E-state index contributed by atoms with van der Waals surface area (Å²) in [5.41, 5.74) is 0. The first-order valence-corrected chi connectivity index (χ1v) is 23.2. The lowest BCUT2D eigenvalue weighted by Gasteiger charge is -2.50. The Hall–Kier alpha value is 1.75. The lowest BCUT2D eigenvalue weighted by Crippen LogP contribution is -3.00. The van der Waals surface area contributed by atoms with E-state index in [1.54, 1.807) is 0 Å². The van der Waals surface area contributed by atoms with E-state index in [0.29, 0.717) is 0 Å². The minimum Gasteiger partial charge on any atom is -1.00 e. The second-order valence-electron chi connectivity index (χ2n) is 11.8. The van der Waals surface area contributed by atoms with Crippen LogP contribution in [0.2, 0.25) is 0 Å². The molecule has 0 radical (unpaired) electrons. The van der Waals surface area contributed by atoms with Gasteiger partial charge in [-0.15, -0.1) is 37.4 Å². The molecule has 0 saturated carbocycles. The van der Waals surface area contributed by atoms with Crippen LogP contribution in [0.25, 0.3) is 0 Å². The summed E-state index contributed by atoms with van der Waals surface area (Å²) in [5.74, 6) is 0. The maximum Gasteiger partial charge on any atom is 0.308 e. The van der Waals surface area contributed by atoms with E-state index in [1.807, 2.05) is 0 Å². The largest absolute Gasteiger partial charge is 1.00 e. The third-order valence-electron chi connectivity index (χ3n) is 9.34. The molecule has 296 valence electrons. The fourth-order valence-electron chi connectivity index (χ4n) is 7.56. The summed E-state index contributed by atoms with van der Waals surface area (Å²) in [4.78, 5) is 0. The van der Waals surface area contributed by atoms with Crippen molar-refractivity contribution in [2.45, 2.75) is 136 Å². The number of hydrogen-bond donors (Lipinski definition) is 0. The molecular formula is C36H88BrIN8P2. The second-order valence-corrected chi connectivity index (χ2v) is 18.5. The molecule has 0 atom stereocenters. The molecule has 0 bridgehead atoms. The average molecular weight is 902 g/mol. The van der Waals surface area contributed by atoms with Crippen LogP contribution in [0, 0.1) is 0 Å². The standard InChI is InChI=1S/2C18H44N4P.BrH.HI/c2*1-9-17-22(18-10-2)23(19(11-3)12-4,20(13-5)14-6)21(15-7)16-8;;/h2*9-18H2,1-8H3;2*1H/q2*+1;;/p-2. The number of hydrogen-bond acceptors (Lipinski definition) is 8. The van der Waals surface area contributed by atoms with Gasteiger partial charge in [0.05, 0.1) is 0 Å². The molecule has 0 N–H and O–H groups in total. The lowest BCUT2D eigenvalue weighted by atomic mass is 10.4. The van der Waals surface area contributed by atoms with Gasteiger partial charge >= 0.3 is 15.7 Å². The Bertz CT molecular complexity index is 548. The van der Waals surface area contributed by atoms with Gasteiger partial charge < -0.3 is 41.0 Å². The highest BCUT2D eigenvalue weighted by molar-refractivity contribution is 7.67. The van der Waals surface area contributed by atoms with Gasteiger partial charge in [-0.25, -0.2) is 0 Å². The van der Waals surface area contributed by atoms with Gasteiger partial charge in [0, 0.05) is 105 Å². The summed E-state index contributed by atoms with van der Waals surface area (Å²) in [6.07, 6.45) is 4.91. The third-order valence-corrected chi connectivity index (χ3v) is 19.6. The average Bonchev–Trinajstić information content (AvgIpc) is 3.07. The highest BCUT2D eigenvalue weighted by atomic mass is 127. The summed E-state index contributed by atoms with van der Waals surface area (Å²) >= 11 is 0. The summed E-state index contributed by atoms with van der Waals surface area (Å²) in [6.45, 7) is 55.6. The minimum absolute atomic E-state index is 0.